The van der Waals surface area contributed by atoms with Gasteiger partial charge in [0, 0.05) is 10.4 Å². The zero-order valence-corrected chi connectivity index (χ0v) is 14.8. The minimum Gasteiger partial charge on any atom is -0.293 e. The smallest absolute Gasteiger partial charge is 0.171 e. The fraction of sp³-hybridized carbons (Fsp3) is 0.222. The first-order valence-corrected chi connectivity index (χ1v) is 8.84. The van der Waals surface area contributed by atoms with Gasteiger partial charge < -0.3 is 0 Å². The number of halogens is 2. The van der Waals surface area contributed by atoms with E-state index in [0.717, 1.165) is 11.1 Å². The summed E-state index contributed by atoms with van der Waals surface area (Å²) >= 11 is 7.27. The predicted molar refractivity (Wildman–Crippen MR) is 93.4 cm³/mol. The Morgan fingerprint density at radius 3 is 2.18 bits per heavy atom. The lowest BCUT2D eigenvalue weighted by atomic mass is 9.72. The summed E-state index contributed by atoms with van der Waals surface area (Å²) in [5, 5.41) is 9.62. The second-order valence-electron chi connectivity index (χ2n) is 5.34. The van der Waals surface area contributed by atoms with Crippen LogP contribution in [0.3, 0.4) is 0 Å². The molecule has 0 amide bonds. The summed E-state index contributed by atoms with van der Waals surface area (Å²) in [6, 6.07) is 19.4. The third-order valence-electron chi connectivity index (χ3n) is 4.10. The highest BCUT2D eigenvalue weighted by atomic mass is 79.9. The maximum Gasteiger partial charge on any atom is 0.171 e. The van der Waals surface area contributed by atoms with Crippen LogP contribution >= 0.6 is 31.9 Å². The Bertz CT molecular complexity index is 738. The second kappa shape index (κ2) is 6.36. The van der Waals surface area contributed by atoms with Gasteiger partial charge in [-0.05, 0) is 11.1 Å². The van der Waals surface area contributed by atoms with Gasteiger partial charge in [0.05, 0.1) is 22.7 Å². The summed E-state index contributed by atoms with van der Waals surface area (Å²) in [6.07, 6.45) is 0. The molecule has 3 rings (SSSR count). The third-order valence-corrected chi connectivity index (χ3v) is 6.97. The van der Waals surface area contributed by atoms with Crippen LogP contribution in [0, 0.1) is 17.2 Å². The second-order valence-corrected chi connectivity index (χ2v) is 7.38. The van der Waals surface area contributed by atoms with E-state index < -0.39 is 11.8 Å². The zero-order chi connectivity index (χ0) is 15.7. The van der Waals surface area contributed by atoms with Crippen molar-refractivity contribution in [3.8, 4) is 6.07 Å². The molecule has 0 bridgehead atoms. The summed E-state index contributed by atoms with van der Waals surface area (Å²) in [6.45, 7) is 0. The molecule has 110 valence electrons. The van der Waals surface area contributed by atoms with Gasteiger partial charge in [0.15, 0.2) is 5.78 Å². The van der Waals surface area contributed by atoms with Crippen LogP contribution in [0.2, 0.25) is 0 Å². The molecule has 0 radical (unpaired) electrons. The van der Waals surface area contributed by atoms with Gasteiger partial charge in [-0.25, -0.2) is 0 Å². The van der Waals surface area contributed by atoms with E-state index >= 15 is 0 Å². The van der Waals surface area contributed by atoms with E-state index in [-0.39, 0.29) is 15.4 Å². The van der Waals surface area contributed by atoms with E-state index in [1.807, 2.05) is 54.6 Å². The van der Waals surface area contributed by atoms with Crippen molar-refractivity contribution >= 4 is 37.6 Å². The van der Waals surface area contributed by atoms with E-state index in [4.69, 9.17) is 0 Å². The van der Waals surface area contributed by atoms with E-state index in [0.29, 0.717) is 5.56 Å². The number of hydrogen-bond acceptors (Lipinski definition) is 2. The average Bonchev–Trinajstić information content (AvgIpc) is 2.58. The number of alkyl halides is 2. The lowest BCUT2D eigenvalue weighted by Gasteiger charge is -2.35. The van der Waals surface area contributed by atoms with Gasteiger partial charge in [-0.2, -0.15) is 5.26 Å². The number of hydrogen-bond donors (Lipinski definition) is 0. The van der Waals surface area contributed by atoms with E-state index in [1.54, 1.807) is 0 Å². The molecule has 0 N–H and O–H groups in total. The Labute approximate surface area is 146 Å². The highest BCUT2D eigenvalue weighted by molar-refractivity contribution is 9.12. The lowest BCUT2D eigenvalue weighted by Crippen LogP contribution is -2.35. The highest BCUT2D eigenvalue weighted by Gasteiger charge is 2.44. The molecule has 0 aromatic heterocycles. The Morgan fingerprint density at radius 1 is 0.955 bits per heavy atom. The van der Waals surface area contributed by atoms with Crippen molar-refractivity contribution in [1.29, 1.82) is 5.26 Å². The molecule has 4 heteroatoms. The number of nitrogens with zero attached hydrogens (tertiary/aromatic N) is 1. The molecule has 0 aliphatic heterocycles. The zero-order valence-electron chi connectivity index (χ0n) is 11.6. The molecule has 1 aliphatic rings. The summed E-state index contributed by atoms with van der Waals surface area (Å²) in [5.41, 5.74) is 2.67. The molecular formula is C18H13Br2NO. The molecule has 0 saturated heterocycles. The van der Waals surface area contributed by atoms with E-state index in [1.165, 1.54) is 0 Å². The summed E-state index contributed by atoms with van der Waals surface area (Å²) in [5.74, 6) is -0.850. The standard InChI is InChI=1S/C18H13Br2NO/c19-16-13-9-5-4-8-12(13)15(14(10-21)17(16)20)18(22)11-6-2-1-3-7-11/h1-9,14-17H. The molecule has 4 atom stereocenters. The maximum absolute atomic E-state index is 13.0. The lowest BCUT2D eigenvalue weighted by molar-refractivity contribution is 0.0936. The van der Waals surface area contributed by atoms with Crippen LogP contribution in [0.25, 0.3) is 0 Å². The molecule has 0 fully saturated rings. The monoisotopic (exact) mass is 417 g/mol. The molecule has 22 heavy (non-hydrogen) atoms. The SMILES string of the molecule is N#CC1C(C(=O)c2ccccc2)c2ccccc2C(Br)C1Br. The Morgan fingerprint density at radius 2 is 1.55 bits per heavy atom. The number of nitriles is 1. The van der Waals surface area contributed by atoms with Crippen LogP contribution in [0.4, 0.5) is 0 Å². The number of fused-ring (bicyclic) bond motifs is 1. The largest absolute Gasteiger partial charge is 0.293 e. The van der Waals surface area contributed by atoms with Crippen molar-refractivity contribution in [3.63, 3.8) is 0 Å². The van der Waals surface area contributed by atoms with Gasteiger partial charge in [-0.3, -0.25) is 4.79 Å². The Kier molecular flexibility index (Phi) is 4.46. The van der Waals surface area contributed by atoms with Crippen LogP contribution in [-0.2, 0) is 0 Å². The number of rotatable bonds is 2. The number of ketones is 1. The summed E-state index contributed by atoms with van der Waals surface area (Å²) in [4.78, 5) is 12.9. The van der Waals surface area contributed by atoms with E-state index in [2.05, 4.69) is 37.9 Å². The van der Waals surface area contributed by atoms with Crippen molar-refractivity contribution in [2.45, 2.75) is 15.6 Å². The number of carbonyl (C=O) groups excluding carboxylic acids is 1. The number of Topliss-reactive ketones (excluding diaryl/α,β-unsaturated/α-hetero) is 1. The molecule has 1 aliphatic carbocycles. The first-order chi connectivity index (χ1) is 10.6. The molecular weight excluding hydrogens is 406 g/mol. The van der Waals surface area contributed by atoms with Crippen molar-refractivity contribution in [3.05, 3.63) is 71.3 Å². The van der Waals surface area contributed by atoms with Crippen LogP contribution < -0.4 is 0 Å². The number of carbonyl (C=O) groups is 1. The van der Waals surface area contributed by atoms with Gasteiger partial charge >= 0.3 is 0 Å². The summed E-state index contributed by atoms with van der Waals surface area (Å²) < 4.78 is 0. The molecule has 4 unspecified atom stereocenters. The van der Waals surface area contributed by atoms with Crippen LogP contribution in [0.5, 0.6) is 0 Å². The van der Waals surface area contributed by atoms with Gasteiger partial charge in [-0.1, -0.05) is 86.5 Å². The quantitative estimate of drug-likeness (QED) is 0.508. The van der Waals surface area contributed by atoms with E-state index in [9.17, 15) is 10.1 Å². The van der Waals surface area contributed by atoms with Gasteiger partial charge in [-0.15, -0.1) is 0 Å². The molecule has 2 nitrogen and oxygen atoms in total. The highest BCUT2D eigenvalue weighted by Crippen LogP contribution is 2.49. The fourth-order valence-corrected chi connectivity index (χ4v) is 4.46. The van der Waals surface area contributed by atoms with Gasteiger partial charge in [0.1, 0.15) is 0 Å². The van der Waals surface area contributed by atoms with Crippen LogP contribution in [0.1, 0.15) is 32.2 Å². The summed E-state index contributed by atoms with van der Waals surface area (Å²) in [7, 11) is 0. The third kappa shape index (κ3) is 2.53. The minimum absolute atomic E-state index is 0.00319. The molecule has 0 spiro atoms. The van der Waals surface area contributed by atoms with Crippen molar-refractivity contribution in [2.75, 3.05) is 0 Å². The Balaban J connectivity index is 2.14. The van der Waals surface area contributed by atoms with Crippen molar-refractivity contribution in [2.24, 2.45) is 5.92 Å². The normalized spacial score (nSPS) is 26.8. The van der Waals surface area contributed by atoms with Crippen LogP contribution in [-0.4, -0.2) is 10.6 Å². The molecule has 2 aromatic rings. The van der Waals surface area contributed by atoms with Gasteiger partial charge in [0.2, 0.25) is 0 Å². The molecule has 0 saturated carbocycles. The average molecular weight is 419 g/mol. The minimum atomic E-state index is -0.443. The molecule has 2 aromatic carbocycles. The topological polar surface area (TPSA) is 40.9 Å². The molecule has 0 heterocycles. The Hall–Kier alpha value is -1.44. The van der Waals surface area contributed by atoms with Gasteiger partial charge in [0.25, 0.3) is 0 Å². The first kappa shape index (κ1) is 15.5. The first-order valence-electron chi connectivity index (χ1n) is 7.01. The fourth-order valence-electron chi connectivity index (χ4n) is 3.01. The van der Waals surface area contributed by atoms with Crippen molar-refractivity contribution < 1.29 is 4.79 Å². The predicted octanol–water partition coefficient (Wildman–Crippen LogP) is 5.01. The van der Waals surface area contributed by atoms with Crippen LogP contribution in [0.15, 0.2) is 54.6 Å². The van der Waals surface area contributed by atoms with Crippen molar-refractivity contribution in [1.82, 2.24) is 0 Å². The number of benzene rings is 2. The maximum atomic E-state index is 13.0.